The number of hydrogen-bond acceptors (Lipinski definition) is 8. The van der Waals surface area contributed by atoms with Crippen molar-refractivity contribution in [2.24, 2.45) is 0 Å². The van der Waals surface area contributed by atoms with E-state index in [2.05, 4.69) is 0 Å². The summed E-state index contributed by atoms with van der Waals surface area (Å²) in [6, 6.07) is 22.3. The van der Waals surface area contributed by atoms with Crippen molar-refractivity contribution in [2.75, 3.05) is 0 Å². The molecular weight excluding hydrogens is 532 g/mol. The van der Waals surface area contributed by atoms with Gasteiger partial charge < -0.3 is 0 Å². The van der Waals surface area contributed by atoms with Crippen molar-refractivity contribution in [3.63, 3.8) is 0 Å². The van der Waals surface area contributed by atoms with Crippen molar-refractivity contribution < 1.29 is 26.7 Å². The highest BCUT2D eigenvalue weighted by Gasteiger charge is 2.32. The van der Waals surface area contributed by atoms with E-state index >= 15 is 0 Å². The highest BCUT2D eigenvalue weighted by atomic mass is 32.2. The van der Waals surface area contributed by atoms with Gasteiger partial charge in [0, 0.05) is 12.1 Å². The molecule has 0 aliphatic heterocycles. The summed E-state index contributed by atoms with van der Waals surface area (Å²) < 4.78 is 52.7. The molecule has 0 saturated heterocycles. The predicted octanol–water partition coefficient (Wildman–Crippen LogP) is 5.12. The molecule has 12 heteroatoms. The molecule has 4 aromatic carbocycles. The monoisotopic (exact) mass is 552 g/mol. The van der Waals surface area contributed by atoms with Crippen molar-refractivity contribution >= 4 is 31.0 Å². The number of nitro groups is 2. The second kappa shape index (κ2) is 10.5. The molecule has 0 aliphatic rings. The van der Waals surface area contributed by atoms with Crippen LogP contribution < -0.4 is 0 Å². The number of nitro benzene ring substituents is 2. The Hall–Kier alpha value is -4.42. The standard InChI is InChI=1S/C26H20N2O8S2/c29-27(30)23-15-7-9-19(17-37(33,34)21-11-3-1-4-12-21)25(23)26-20(10-8-16-24(26)28(31)32)18-38(35,36)22-13-5-2-6-14-22/h1-16H,17-18H2. The van der Waals surface area contributed by atoms with Crippen LogP contribution in [0.3, 0.4) is 0 Å². The third-order valence-corrected chi connectivity index (χ3v) is 9.16. The lowest BCUT2D eigenvalue weighted by molar-refractivity contribution is -0.386. The van der Waals surface area contributed by atoms with Gasteiger partial charge in [-0.2, -0.15) is 0 Å². The first-order chi connectivity index (χ1) is 18.0. The Bertz CT molecular complexity index is 1610. The summed E-state index contributed by atoms with van der Waals surface area (Å²) in [5.74, 6) is -1.41. The van der Waals surface area contributed by atoms with Crippen molar-refractivity contribution in [1.29, 1.82) is 0 Å². The molecule has 0 heterocycles. The third kappa shape index (κ3) is 5.45. The number of sulfone groups is 2. The van der Waals surface area contributed by atoms with Crippen LogP contribution >= 0.6 is 0 Å². The summed E-state index contributed by atoms with van der Waals surface area (Å²) in [6.07, 6.45) is 0. The fraction of sp³-hybridized carbons (Fsp3) is 0.0769. The van der Waals surface area contributed by atoms with E-state index in [1.54, 1.807) is 12.1 Å². The lowest BCUT2D eigenvalue weighted by Crippen LogP contribution is -2.10. The van der Waals surface area contributed by atoms with Crippen LogP contribution in [-0.4, -0.2) is 26.7 Å². The Balaban J connectivity index is 1.98. The van der Waals surface area contributed by atoms with Gasteiger partial charge in [0.1, 0.15) is 0 Å². The summed E-state index contributed by atoms with van der Waals surface area (Å²) in [4.78, 5) is 22.5. The number of hydrogen-bond donors (Lipinski definition) is 0. The number of nitrogens with zero attached hydrogens (tertiary/aromatic N) is 2. The molecule has 4 rings (SSSR count). The largest absolute Gasteiger partial charge is 0.277 e. The summed E-state index contributed by atoms with van der Waals surface area (Å²) in [7, 11) is -8.04. The topological polar surface area (TPSA) is 155 Å². The van der Waals surface area contributed by atoms with E-state index in [4.69, 9.17) is 0 Å². The minimum atomic E-state index is -4.02. The van der Waals surface area contributed by atoms with Crippen LogP contribution in [0, 0.1) is 20.2 Å². The van der Waals surface area contributed by atoms with Gasteiger partial charge in [-0.3, -0.25) is 20.2 Å². The van der Waals surface area contributed by atoms with Crippen LogP contribution in [0.25, 0.3) is 11.1 Å². The first-order valence-corrected chi connectivity index (χ1v) is 14.4. The zero-order chi connectivity index (χ0) is 27.5. The highest BCUT2D eigenvalue weighted by molar-refractivity contribution is 7.91. The minimum absolute atomic E-state index is 0.0353. The number of benzene rings is 4. The molecule has 0 radical (unpaired) electrons. The van der Waals surface area contributed by atoms with Crippen LogP contribution in [-0.2, 0) is 31.2 Å². The fourth-order valence-corrected chi connectivity index (χ4v) is 6.90. The fourth-order valence-electron chi connectivity index (χ4n) is 4.13. The molecular formula is C26H20N2O8S2. The van der Waals surface area contributed by atoms with E-state index in [1.807, 2.05) is 0 Å². The lowest BCUT2D eigenvalue weighted by atomic mass is 9.93. The molecule has 0 aromatic heterocycles. The van der Waals surface area contributed by atoms with Gasteiger partial charge in [-0.25, -0.2) is 16.8 Å². The highest BCUT2D eigenvalue weighted by Crippen LogP contribution is 2.42. The van der Waals surface area contributed by atoms with Gasteiger partial charge in [0.15, 0.2) is 19.7 Å². The zero-order valence-corrected chi connectivity index (χ0v) is 21.3. The lowest BCUT2D eigenvalue weighted by Gasteiger charge is -2.15. The molecule has 0 spiro atoms. The minimum Gasteiger partial charge on any atom is -0.258 e. The van der Waals surface area contributed by atoms with Gasteiger partial charge in [0.25, 0.3) is 11.4 Å². The van der Waals surface area contributed by atoms with E-state index in [0.717, 1.165) is 12.1 Å². The molecule has 0 amide bonds. The average molecular weight is 553 g/mol. The van der Waals surface area contributed by atoms with Crippen molar-refractivity contribution in [3.05, 3.63) is 128 Å². The van der Waals surface area contributed by atoms with Crippen molar-refractivity contribution in [2.45, 2.75) is 21.3 Å². The zero-order valence-electron chi connectivity index (χ0n) is 19.6. The van der Waals surface area contributed by atoms with Gasteiger partial charge in [-0.05, 0) is 35.4 Å². The molecule has 0 fully saturated rings. The second-order valence-electron chi connectivity index (χ2n) is 8.28. The summed E-state index contributed by atoms with van der Waals surface area (Å²) in [5.41, 5.74) is -1.95. The van der Waals surface area contributed by atoms with Crippen LogP contribution in [0.1, 0.15) is 11.1 Å². The molecule has 10 nitrogen and oxygen atoms in total. The van der Waals surface area contributed by atoms with E-state index in [0.29, 0.717) is 0 Å². The van der Waals surface area contributed by atoms with E-state index in [1.165, 1.54) is 72.8 Å². The maximum Gasteiger partial charge on any atom is 0.277 e. The Kier molecular flexibility index (Phi) is 7.37. The Labute approximate surface area is 218 Å². The van der Waals surface area contributed by atoms with Crippen molar-refractivity contribution in [1.82, 2.24) is 0 Å². The maximum absolute atomic E-state index is 13.2. The molecule has 38 heavy (non-hydrogen) atoms. The van der Waals surface area contributed by atoms with E-state index in [-0.39, 0.29) is 32.0 Å². The summed E-state index contributed by atoms with van der Waals surface area (Å²) >= 11 is 0. The molecule has 0 bridgehead atoms. The summed E-state index contributed by atoms with van der Waals surface area (Å²) in [5, 5.41) is 24.1. The molecule has 0 N–H and O–H groups in total. The second-order valence-corrected chi connectivity index (χ2v) is 12.3. The normalized spacial score (nSPS) is 11.7. The van der Waals surface area contributed by atoms with Crippen molar-refractivity contribution in [3.8, 4) is 11.1 Å². The van der Waals surface area contributed by atoms with Gasteiger partial charge >= 0.3 is 0 Å². The maximum atomic E-state index is 13.2. The molecule has 194 valence electrons. The van der Waals surface area contributed by atoms with Gasteiger partial charge in [0.05, 0.1) is 42.3 Å². The van der Waals surface area contributed by atoms with E-state index in [9.17, 15) is 37.1 Å². The Morgan fingerprint density at radius 3 is 1.16 bits per heavy atom. The average Bonchev–Trinajstić information content (AvgIpc) is 2.89. The van der Waals surface area contributed by atoms with Gasteiger partial charge in [-0.15, -0.1) is 0 Å². The third-order valence-electron chi connectivity index (χ3n) is 5.80. The molecule has 0 unspecified atom stereocenters. The SMILES string of the molecule is O=[N+]([O-])c1cccc(CS(=O)(=O)c2ccccc2)c1-c1c(CS(=O)(=O)c2ccccc2)cccc1[N+](=O)[O-]. The van der Waals surface area contributed by atoms with Crippen LogP contribution in [0.4, 0.5) is 11.4 Å². The van der Waals surface area contributed by atoms with Crippen LogP contribution in [0.15, 0.2) is 107 Å². The Morgan fingerprint density at radius 2 is 0.842 bits per heavy atom. The van der Waals surface area contributed by atoms with Gasteiger partial charge in [-0.1, -0.05) is 60.7 Å². The van der Waals surface area contributed by atoms with Crippen LogP contribution in [0.2, 0.25) is 0 Å². The molecule has 0 aliphatic carbocycles. The molecule has 0 saturated carbocycles. The summed E-state index contributed by atoms with van der Waals surface area (Å²) in [6.45, 7) is 0. The quantitative estimate of drug-likeness (QED) is 0.205. The Morgan fingerprint density at radius 1 is 0.500 bits per heavy atom. The van der Waals surface area contributed by atoms with E-state index < -0.39 is 52.4 Å². The first-order valence-electron chi connectivity index (χ1n) is 11.1. The first kappa shape index (κ1) is 26.6. The smallest absolute Gasteiger partial charge is 0.258 e. The predicted molar refractivity (Wildman–Crippen MR) is 140 cm³/mol. The van der Waals surface area contributed by atoms with Gasteiger partial charge in [0.2, 0.25) is 0 Å². The van der Waals surface area contributed by atoms with Crippen LogP contribution in [0.5, 0.6) is 0 Å². The number of rotatable bonds is 9. The molecule has 0 atom stereocenters. The molecule has 4 aromatic rings.